The minimum atomic E-state index is -1.14. The Kier molecular flexibility index (Phi) is 4.79. The van der Waals surface area contributed by atoms with Gasteiger partial charge in [-0.2, -0.15) is 0 Å². The van der Waals surface area contributed by atoms with E-state index in [1.807, 2.05) is 40.1 Å². The van der Waals surface area contributed by atoms with E-state index in [2.05, 4.69) is 40.1 Å². The Morgan fingerprint density at radius 3 is 2.68 bits per heavy atom. The van der Waals surface area contributed by atoms with Gasteiger partial charge >= 0.3 is 0 Å². The molecule has 0 aliphatic heterocycles. The van der Waals surface area contributed by atoms with Crippen LogP contribution in [-0.2, 0) is 17.8 Å². The number of rotatable bonds is 4. The van der Waals surface area contributed by atoms with Gasteiger partial charge in [0.05, 0.1) is 11.6 Å². The fourth-order valence-electron chi connectivity index (χ4n) is 2.98. The summed E-state index contributed by atoms with van der Waals surface area (Å²) in [6, 6.07) is 4.18. The van der Waals surface area contributed by atoms with Crippen molar-refractivity contribution < 1.29 is 4.55 Å². The van der Waals surface area contributed by atoms with Crippen molar-refractivity contribution in [2.45, 2.75) is 58.8 Å². The summed E-state index contributed by atoms with van der Waals surface area (Å²) in [5.74, 6) is 0.981. The van der Waals surface area contributed by atoms with E-state index in [4.69, 9.17) is 4.98 Å². The van der Waals surface area contributed by atoms with Gasteiger partial charge in [-0.15, -0.1) is 4.72 Å². The SMILES string of the molecule is CCc1nc2c([C@@H](C)N[S@+]([O-])C(C)(C)C)cc(C)cc2c2nccn12. The maximum Gasteiger partial charge on any atom is 0.147 e. The Balaban J connectivity index is 2.17. The Morgan fingerprint density at radius 2 is 2.04 bits per heavy atom. The van der Waals surface area contributed by atoms with Crippen LogP contribution < -0.4 is 4.72 Å². The van der Waals surface area contributed by atoms with E-state index in [-0.39, 0.29) is 10.8 Å². The number of fused-ring (bicyclic) bond motifs is 3. The molecule has 0 fully saturated rings. The molecule has 0 saturated carbocycles. The van der Waals surface area contributed by atoms with Crippen molar-refractivity contribution >= 4 is 27.9 Å². The monoisotopic (exact) mass is 358 g/mol. The molecule has 3 rings (SSSR count). The second-order valence-corrected chi connectivity index (χ2v) is 9.47. The smallest absolute Gasteiger partial charge is 0.147 e. The molecule has 0 spiro atoms. The molecule has 0 aliphatic rings. The first-order valence-electron chi connectivity index (χ1n) is 8.66. The fraction of sp³-hybridized carbons (Fsp3) is 0.474. The molecule has 0 bridgehead atoms. The summed E-state index contributed by atoms with van der Waals surface area (Å²) in [5.41, 5.74) is 4.07. The van der Waals surface area contributed by atoms with Crippen LogP contribution >= 0.6 is 0 Å². The molecule has 2 atom stereocenters. The Bertz CT molecular complexity index is 913. The maximum atomic E-state index is 12.5. The van der Waals surface area contributed by atoms with Crippen molar-refractivity contribution in [3.8, 4) is 0 Å². The number of nitrogens with zero attached hydrogens (tertiary/aromatic N) is 3. The number of imidazole rings is 1. The number of benzene rings is 1. The predicted octanol–water partition coefficient (Wildman–Crippen LogP) is 3.87. The van der Waals surface area contributed by atoms with Crippen molar-refractivity contribution in [3.05, 3.63) is 41.5 Å². The second kappa shape index (κ2) is 6.59. The van der Waals surface area contributed by atoms with Crippen LogP contribution in [0.15, 0.2) is 24.5 Å². The molecule has 3 aromatic rings. The first-order chi connectivity index (χ1) is 11.7. The van der Waals surface area contributed by atoms with Gasteiger partial charge in [-0.05, 0) is 51.8 Å². The zero-order valence-corrected chi connectivity index (χ0v) is 16.6. The van der Waals surface area contributed by atoms with Crippen molar-refractivity contribution in [3.63, 3.8) is 0 Å². The third-order valence-corrected chi connectivity index (χ3v) is 5.99. The van der Waals surface area contributed by atoms with Gasteiger partial charge in [0, 0.05) is 35.6 Å². The van der Waals surface area contributed by atoms with Gasteiger partial charge in [0.2, 0.25) is 0 Å². The highest BCUT2D eigenvalue weighted by molar-refractivity contribution is 7.90. The van der Waals surface area contributed by atoms with E-state index >= 15 is 0 Å². The van der Waals surface area contributed by atoms with Gasteiger partial charge in [-0.25, -0.2) is 9.97 Å². The first kappa shape index (κ1) is 18.2. The summed E-state index contributed by atoms with van der Waals surface area (Å²) < 4.78 is 17.5. The minimum Gasteiger partial charge on any atom is -0.598 e. The highest BCUT2D eigenvalue weighted by atomic mass is 32.2. The lowest BCUT2D eigenvalue weighted by molar-refractivity contribution is 0.531. The lowest BCUT2D eigenvalue weighted by Gasteiger charge is -2.27. The molecular formula is C19H26N4OS. The van der Waals surface area contributed by atoms with Gasteiger partial charge in [0.25, 0.3) is 0 Å². The van der Waals surface area contributed by atoms with E-state index in [0.717, 1.165) is 39.9 Å². The molecular weight excluding hydrogens is 332 g/mol. The molecule has 1 aromatic carbocycles. The quantitative estimate of drug-likeness (QED) is 0.719. The highest BCUT2D eigenvalue weighted by Crippen LogP contribution is 2.29. The van der Waals surface area contributed by atoms with Gasteiger partial charge in [-0.1, -0.05) is 13.0 Å². The van der Waals surface area contributed by atoms with Crippen LogP contribution in [0.1, 0.15) is 57.6 Å². The molecule has 0 unspecified atom stereocenters. The predicted molar refractivity (Wildman–Crippen MR) is 104 cm³/mol. The van der Waals surface area contributed by atoms with Crippen LogP contribution in [0.25, 0.3) is 16.6 Å². The number of aryl methyl sites for hydroxylation is 2. The van der Waals surface area contributed by atoms with Crippen molar-refractivity contribution in [2.75, 3.05) is 0 Å². The van der Waals surface area contributed by atoms with Crippen molar-refractivity contribution in [1.82, 2.24) is 19.1 Å². The third kappa shape index (κ3) is 3.38. The Labute approximate surface area is 152 Å². The second-order valence-electron chi connectivity index (χ2n) is 7.47. The van der Waals surface area contributed by atoms with Crippen molar-refractivity contribution in [1.29, 1.82) is 0 Å². The van der Waals surface area contributed by atoms with Crippen LogP contribution in [0.2, 0.25) is 0 Å². The lowest BCUT2D eigenvalue weighted by Crippen LogP contribution is -2.40. The molecule has 0 saturated heterocycles. The number of hydrogen-bond acceptors (Lipinski definition) is 4. The van der Waals surface area contributed by atoms with Crippen molar-refractivity contribution in [2.24, 2.45) is 0 Å². The number of hydrogen-bond donors (Lipinski definition) is 1. The third-order valence-electron chi connectivity index (χ3n) is 4.31. The summed E-state index contributed by atoms with van der Waals surface area (Å²) in [4.78, 5) is 9.45. The van der Waals surface area contributed by atoms with E-state index in [1.54, 1.807) is 0 Å². The average Bonchev–Trinajstić information content (AvgIpc) is 3.02. The standard InChI is InChI=1S/C19H26N4OS/c1-7-16-21-17-14(13(3)22-25(24)19(4,5)6)10-12(2)11-15(17)18-20-8-9-23(16)18/h8-11,13,22H,7H2,1-6H3/t13-,25-/m1/s1. The van der Waals surface area contributed by atoms with E-state index in [1.165, 1.54) is 0 Å². The van der Waals surface area contributed by atoms with Gasteiger partial charge in [-0.3, -0.25) is 4.40 Å². The maximum absolute atomic E-state index is 12.5. The summed E-state index contributed by atoms with van der Waals surface area (Å²) >= 11 is -1.14. The summed E-state index contributed by atoms with van der Waals surface area (Å²) in [7, 11) is 0. The van der Waals surface area contributed by atoms with Crippen LogP contribution in [0.3, 0.4) is 0 Å². The Hall–Kier alpha value is -1.63. The molecule has 25 heavy (non-hydrogen) atoms. The van der Waals surface area contributed by atoms with E-state index < -0.39 is 11.4 Å². The molecule has 2 aromatic heterocycles. The van der Waals surface area contributed by atoms with Gasteiger partial charge < -0.3 is 4.55 Å². The fourth-order valence-corrected chi connectivity index (χ4v) is 3.78. The molecule has 134 valence electrons. The van der Waals surface area contributed by atoms with Crippen LogP contribution in [0.5, 0.6) is 0 Å². The lowest BCUT2D eigenvalue weighted by atomic mass is 10.0. The van der Waals surface area contributed by atoms with Crippen LogP contribution in [-0.4, -0.2) is 23.7 Å². The Morgan fingerprint density at radius 1 is 1.32 bits per heavy atom. The summed E-state index contributed by atoms with van der Waals surface area (Å²) in [6.07, 6.45) is 4.60. The molecule has 5 nitrogen and oxygen atoms in total. The average molecular weight is 359 g/mol. The number of nitrogens with one attached hydrogen (secondary N) is 1. The summed E-state index contributed by atoms with van der Waals surface area (Å²) in [6.45, 7) is 12.1. The van der Waals surface area contributed by atoms with E-state index in [9.17, 15) is 4.55 Å². The molecule has 0 amide bonds. The van der Waals surface area contributed by atoms with Crippen LogP contribution in [0, 0.1) is 6.92 Å². The molecule has 0 radical (unpaired) electrons. The minimum absolute atomic E-state index is 0.0722. The molecule has 1 N–H and O–H groups in total. The normalized spacial score (nSPS) is 15.0. The zero-order valence-electron chi connectivity index (χ0n) is 15.8. The largest absolute Gasteiger partial charge is 0.598 e. The molecule has 6 heteroatoms. The van der Waals surface area contributed by atoms with E-state index in [0.29, 0.717) is 0 Å². The van der Waals surface area contributed by atoms with Gasteiger partial charge in [0.15, 0.2) is 0 Å². The van der Waals surface area contributed by atoms with Crippen LogP contribution in [0.4, 0.5) is 0 Å². The topological polar surface area (TPSA) is 65.3 Å². The summed E-state index contributed by atoms with van der Waals surface area (Å²) in [5, 5.41) is 1.03. The van der Waals surface area contributed by atoms with Gasteiger partial charge in [0.1, 0.15) is 16.2 Å². The first-order valence-corrected chi connectivity index (χ1v) is 9.81. The molecule has 0 aliphatic carbocycles. The number of aromatic nitrogens is 3. The highest BCUT2D eigenvalue weighted by Gasteiger charge is 2.29. The molecule has 2 heterocycles. The zero-order chi connectivity index (χ0) is 18.4.